The predicted octanol–water partition coefficient (Wildman–Crippen LogP) is 2.66. The summed E-state index contributed by atoms with van der Waals surface area (Å²) in [7, 11) is 1.44. The van der Waals surface area contributed by atoms with Gasteiger partial charge in [0.1, 0.15) is 11.4 Å². The summed E-state index contributed by atoms with van der Waals surface area (Å²) in [6, 6.07) is 7.78. The molecule has 1 aromatic heterocycles. The number of carboxylic acid groups (broad SMARTS) is 1. The molecule has 1 amide bonds. The lowest BCUT2D eigenvalue weighted by atomic mass is 10.1. The zero-order valence-electron chi connectivity index (χ0n) is 12.5. The zero-order valence-corrected chi connectivity index (χ0v) is 12.5. The molecule has 0 aliphatic rings. The summed E-state index contributed by atoms with van der Waals surface area (Å²) in [4.78, 5) is 27.5. The molecule has 0 aliphatic carbocycles. The highest BCUT2D eigenvalue weighted by Gasteiger charge is 2.14. The molecule has 22 heavy (non-hydrogen) atoms. The first-order valence-electron chi connectivity index (χ1n) is 6.58. The van der Waals surface area contributed by atoms with Gasteiger partial charge in [0.05, 0.1) is 18.4 Å². The van der Waals surface area contributed by atoms with Crippen LogP contribution in [0.2, 0.25) is 0 Å². The fraction of sp³-hybridized carbons (Fsp3) is 0.188. The third kappa shape index (κ3) is 3.41. The number of ether oxygens (including phenoxy) is 1. The number of aromatic nitrogens is 1. The van der Waals surface area contributed by atoms with Crippen LogP contribution in [-0.2, 0) is 0 Å². The molecule has 6 nitrogen and oxygen atoms in total. The van der Waals surface area contributed by atoms with E-state index in [1.807, 2.05) is 13.0 Å². The minimum absolute atomic E-state index is 0.0597. The van der Waals surface area contributed by atoms with Gasteiger partial charge in [-0.25, -0.2) is 9.78 Å². The molecule has 0 bridgehead atoms. The van der Waals surface area contributed by atoms with Crippen molar-refractivity contribution in [2.24, 2.45) is 0 Å². The lowest BCUT2D eigenvalue weighted by molar-refractivity contribution is 0.0696. The maximum atomic E-state index is 12.3. The first kappa shape index (κ1) is 15.5. The number of aromatic carboxylic acids is 1. The number of carboxylic acids is 1. The van der Waals surface area contributed by atoms with Crippen LogP contribution in [0.15, 0.2) is 30.3 Å². The van der Waals surface area contributed by atoms with Crippen molar-refractivity contribution in [3.8, 4) is 5.75 Å². The van der Waals surface area contributed by atoms with Gasteiger partial charge in [-0.3, -0.25) is 4.79 Å². The smallest absolute Gasteiger partial charge is 0.335 e. The minimum Gasteiger partial charge on any atom is -0.495 e. The Labute approximate surface area is 127 Å². The monoisotopic (exact) mass is 300 g/mol. The second kappa shape index (κ2) is 6.26. The molecule has 114 valence electrons. The number of hydrogen-bond acceptors (Lipinski definition) is 4. The Morgan fingerprint density at radius 3 is 2.50 bits per heavy atom. The Hall–Kier alpha value is -2.89. The van der Waals surface area contributed by atoms with Gasteiger partial charge in [-0.15, -0.1) is 0 Å². The summed E-state index contributed by atoms with van der Waals surface area (Å²) in [5.74, 6) is -1.13. The largest absolute Gasteiger partial charge is 0.495 e. The molecular weight excluding hydrogens is 284 g/mol. The quantitative estimate of drug-likeness (QED) is 0.906. The Balaban J connectivity index is 2.34. The van der Waals surface area contributed by atoms with Crippen LogP contribution in [0.3, 0.4) is 0 Å². The van der Waals surface area contributed by atoms with Gasteiger partial charge in [0, 0.05) is 5.69 Å². The third-order valence-corrected chi connectivity index (χ3v) is 3.03. The molecule has 6 heteroatoms. The van der Waals surface area contributed by atoms with Gasteiger partial charge < -0.3 is 15.2 Å². The van der Waals surface area contributed by atoms with Gasteiger partial charge in [0.25, 0.3) is 5.91 Å². The first-order valence-corrected chi connectivity index (χ1v) is 6.58. The summed E-state index contributed by atoms with van der Waals surface area (Å²) >= 11 is 0. The van der Waals surface area contributed by atoms with E-state index in [4.69, 9.17) is 9.84 Å². The molecule has 1 aromatic carbocycles. The summed E-state index contributed by atoms with van der Waals surface area (Å²) in [6.07, 6.45) is 0. The average Bonchev–Trinajstić information content (AvgIpc) is 2.46. The lowest BCUT2D eigenvalue weighted by Gasteiger charge is -2.11. The molecule has 0 saturated heterocycles. The van der Waals surface area contributed by atoms with Crippen molar-refractivity contribution in [1.82, 2.24) is 4.98 Å². The Morgan fingerprint density at radius 1 is 1.18 bits per heavy atom. The number of aryl methyl sites for hydroxylation is 2. The van der Waals surface area contributed by atoms with Gasteiger partial charge in [0.2, 0.25) is 0 Å². The van der Waals surface area contributed by atoms with Crippen LogP contribution < -0.4 is 10.1 Å². The van der Waals surface area contributed by atoms with Crippen molar-refractivity contribution in [1.29, 1.82) is 0 Å². The van der Waals surface area contributed by atoms with Crippen LogP contribution >= 0.6 is 0 Å². The van der Waals surface area contributed by atoms with Crippen molar-refractivity contribution in [3.63, 3.8) is 0 Å². The van der Waals surface area contributed by atoms with Crippen LogP contribution in [0.1, 0.15) is 32.1 Å². The number of nitrogens with zero attached hydrogens (tertiary/aromatic N) is 1. The molecule has 1 heterocycles. The SMILES string of the molecule is COc1ccc(C(=O)O)cc1NC(=O)c1cc(C)cc(C)n1. The van der Waals surface area contributed by atoms with E-state index < -0.39 is 11.9 Å². The highest BCUT2D eigenvalue weighted by atomic mass is 16.5. The van der Waals surface area contributed by atoms with E-state index in [1.54, 1.807) is 13.0 Å². The van der Waals surface area contributed by atoms with E-state index in [0.717, 1.165) is 11.3 Å². The number of nitrogens with one attached hydrogen (secondary N) is 1. The summed E-state index contributed by atoms with van der Waals surface area (Å²) < 4.78 is 5.14. The maximum absolute atomic E-state index is 12.3. The van der Waals surface area contributed by atoms with Crippen LogP contribution in [0, 0.1) is 13.8 Å². The minimum atomic E-state index is -1.08. The molecule has 0 unspecified atom stereocenters. The summed E-state index contributed by atoms with van der Waals surface area (Å²) in [6.45, 7) is 3.67. The normalized spacial score (nSPS) is 10.1. The van der Waals surface area contributed by atoms with E-state index in [0.29, 0.717) is 5.75 Å². The topological polar surface area (TPSA) is 88.5 Å². The van der Waals surface area contributed by atoms with Gasteiger partial charge in [-0.05, 0) is 49.7 Å². The molecule has 0 atom stereocenters. The maximum Gasteiger partial charge on any atom is 0.335 e. The van der Waals surface area contributed by atoms with E-state index >= 15 is 0 Å². The number of methoxy groups -OCH3 is 1. The fourth-order valence-electron chi connectivity index (χ4n) is 2.08. The molecule has 0 saturated carbocycles. The zero-order chi connectivity index (χ0) is 16.3. The molecule has 0 aliphatic heterocycles. The average molecular weight is 300 g/mol. The van der Waals surface area contributed by atoms with Crippen LogP contribution in [-0.4, -0.2) is 29.1 Å². The molecule has 2 N–H and O–H groups in total. The summed E-state index contributed by atoms with van der Waals surface area (Å²) in [5.41, 5.74) is 2.26. The van der Waals surface area contributed by atoms with Crippen molar-refractivity contribution in [2.75, 3.05) is 12.4 Å². The van der Waals surface area contributed by atoms with Crippen molar-refractivity contribution in [2.45, 2.75) is 13.8 Å². The molecular formula is C16H16N2O4. The highest BCUT2D eigenvalue weighted by molar-refractivity contribution is 6.04. The number of rotatable bonds is 4. The van der Waals surface area contributed by atoms with E-state index in [-0.39, 0.29) is 16.9 Å². The van der Waals surface area contributed by atoms with Crippen molar-refractivity contribution < 1.29 is 19.4 Å². The van der Waals surface area contributed by atoms with E-state index in [9.17, 15) is 9.59 Å². The third-order valence-electron chi connectivity index (χ3n) is 3.03. The Morgan fingerprint density at radius 2 is 1.91 bits per heavy atom. The van der Waals surface area contributed by atoms with Gasteiger partial charge in [-0.2, -0.15) is 0 Å². The molecule has 0 radical (unpaired) electrons. The van der Waals surface area contributed by atoms with E-state index in [1.165, 1.54) is 25.3 Å². The second-order valence-electron chi connectivity index (χ2n) is 4.85. The molecule has 0 fully saturated rings. The second-order valence-corrected chi connectivity index (χ2v) is 4.85. The molecule has 0 spiro atoms. The number of hydrogen-bond donors (Lipinski definition) is 2. The lowest BCUT2D eigenvalue weighted by Crippen LogP contribution is -2.15. The first-order chi connectivity index (χ1) is 10.4. The number of benzene rings is 1. The Bertz CT molecular complexity index is 721. The summed E-state index contributed by atoms with van der Waals surface area (Å²) in [5, 5.41) is 11.7. The van der Waals surface area contributed by atoms with Crippen LogP contribution in [0.25, 0.3) is 0 Å². The fourth-order valence-corrected chi connectivity index (χ4v) is 2.08. The predicted molar refractivity (Wildman–Crippen MR) is 81.6 cm³/mol. The van der Waals surface area contributed by atoms with Gasteiger partial charge in [0.15, 0.2) is 0 Å². The van der Waals surface area contributed by atoms with Gasteiger partial charge in [-0.1, -0.05) is 0 Å². The number of pyridine rings is 1. The van der Waals surface area contributed by atoms with Gasteiger partial charge >= 0.3 is 5.97 Å². The molecule has 2 aromatic rings. The number of carbonyl (C=O) groups excluding carboxylic acids is 1. The number of anilines is 1. The number of carbonyl (C=O) groups is 2. The Kier molecular flexibility index (Phi) is 4.41. The molecule has 2 rings (SSSR count). The number of amides is 1. The van der Waals surface area contributed by atoms with Crippen LogP contribution in [0.5, 0.6) is 5.75 Å². The standard InChI is InChI=1S/C16H16N2O4/c1-9-6-10(2)17-13(7-9)15(19)18-12-8-11(16(20)21)4-5-14(12)22-3/h4-8H,1-3H3,(H,18,19)(H,20,21). The van der Waals surface area contributed by atoms with Crippen LogP contribution in [0.4, 0.5) is 5.69 Å². The highest BCUT2D eigenvalue weighted by Crippen LogP contribution is 2.26. The van der Waals surface area contributed by atoms with Crippen molar-refractivity contribution >= 4 is 17.6 Å². The van der Waals surface area contributed by atoms with Crippen molar-refractivity contribution in [3.05, 3.63) is 52.8 Å². The van der Waals surface area contributed by atoms with E-state index in [2.05, 4.69) is 10.3 Å².